The fourth-order valence-corrected chi connectivity index (χ4v) is 3.94. The zero-order valence-corrected chi connectivity index (χ0v) is 13.8. The van der Waals surface area contributed by atoms with Gasteiger partial charge in [-0.3, -0.25) is 0 Å². The Morgan fingerprint density at radius 2 is 1.96 bits per heavy atom. The maximum absolute atomic E-state index is 5.52. The number of H-pyrrole nitrogens is 1. The minimum Gasteiger partial charge on any atom is -0.496 e. The van der Waals surface area contributed by atoms with E-state index in [9.17, 15) is 0 Å². The van der Waals surface area contributed by atoms with Crippen molar-refractivity contribution >= 4 is 27.8 Å². The van der Waals surface area contributed by atoms with Crippen LogP contribution in [0.25, 0.3) is 21.9 Å². The first kappa shape index (κ1) is 14.3. The van der Waals surface area contributed by atoms with Gasteiger partial charge in [-0.05, 0) is 30.4 Å². The zero-order chi connectivity index (χ0) is 16.0. The summed E-state index contributed by atoms with van der Waals surface area (Å²) in [7, 11) is 1.70. The first-order valence-corrected chi connectivity index (χ1v) is 8.21. The zero-order valence-electron chi connectivity index (χ0n) is 13.8. The standard InChI is InChI=1S/C18H22N4O/c1-11-7-12(2)9-22(8-11)18-17-16(19-10-20-18)15-13(21-17)5-4-6-14(15)23-3/h4-6,10-12,21H,7-9H2,1-3H3/t11-,12-/m0/s1. The van der Waals surface area contributed by atoms with Gasteiger partial charge in [-0.25, -0.2) is 9.97 Å². The van der Waals surface area contributed by atoms with E-state index in [1.807, 2.05) is 12.1 Å². The first-order chi connectivity index (χ1) is 11.2. The number of methoxy groups -OCH3 is 1. The molecule has 2 atom stereocenters. The van der Waals surface area contributed by atoms with E-state index in [-0.39, 0.29) is 0 Å². The average Bonchev–Trinajstić information content (AvgIpc) is 2.92. The summed E-state index contributed by atoms with van der Waals surface area (Å²) in [5, 5.41) is 1.03. The van der Waals surface area contributed by atoms with Gasteiger partial charge in [0.05, 0.1) is 18.0 Å². The van der Waals surface area contributed by atoms with Gasteiger partial charge in [-0.15, -0.1) is 0 Å². The van der Waals surface area contributed by atoms with Crippen molar-refractivity contribution in [3.8, 4) is 5.75 Å². The van der Waals surface area contributed by atoms with Crippen LogP contribution in [0.1, 0.15) is 20.3 Å². The molecule has 0 bridgehead atoms. The van der Waals surface area contributed by atoms with E-state index < -0.39 is 0 Å². The SMILES string of the molecule is COc1cccc2[nH]c3c(N4C[C@@H](C)C[C@H](C)C4)ncnc3c12. The fraction of sp³-hybridized carbons (Fsp3) is 0.444. The number of ether oxygens (including phenoxy) is 1. The molecule has 5 heteroatoms. The van der Waals surface area contributed by atoms with Crippen LogP contribution in [0, 0.1) is 11.8 Å². The molecule has 0 aliphatic carbocycles. The molecule has 1 saturated heterocycles. The van der Waals surface area contributed by atoms with E-state index in [4.69, 9.17) is 4.74 Å². The van der Waals surface area contributed by atoms with E-state index in [1.54, 1.807) is 13.4 Å². The fourth-order valence-electron chi connectivity index (χ4n) is 3.94. The van der Waals surface area contributed by atoms with Gasteiger partial charge in [-0.1, -0.05) is 19.9 Å². The molecule has 1 aliphatic rings. The van der Waals surface area contributed by atoms with Crippen LogP contribution in [0.15, 0.2) is 24.5 Å². The Morgan fingerprint density at radius 3 is 2.70 bits per heavy atom. The Morgan fingerprint density at radius 1 is 1.17 bits per heavy atom. The van der Waals surface area contributed by atoms with Gasteiger partial charge in [-0.2, -0.15) is 0 Å². The number of hydrogen-bond donors (Lipinski definition) is 1. The molecule has 23 heavy (non-hydrogen) atoms. The van der Waals surface area contributed by atoms with Crippen LogP contribution in [-0.2, 0) is 0 Å². The summed E-state index contributed by atoms with van der Waals surface area (Å²) in [5.41, 5.74) is 2.99. The average molecular weight is 310 g/mol. The predicted molar refractivity (Wildman–Crippen MR) is 93.1 cm³/mol. The number of rotatable bonds is 2. The lowest BCUT2D eigenvalue weighted by Crippen LogP contribution is -2.39. The van der Waals surface area contributed by atoms with Crippen LogP contribution < -0.4 is 9.64 Å². The van der Waals surface area contributed by atoms with E-state index in [1.165, 1.54) is 6.42 Å². The number of anilines is 1. The van der Waals surface area contributed by atoms with Crippen LogP contribution in [0.5, 0.6) is 5.75 Å². The molecule has 0 amide bonds. The molecule has 3 heterocycles. The summed E-state index contributed by atoms with van der Waals surface area (Å²) in [5.74, 6) is 3.22. The number of hydrogen-bond acceptors (Lipinski definition) is 4. The van der Waals surface area contributed by atoms with Gasteiger partial charge >= 0.3 is 0 Å². The third-order valence-electron chi connectivity index (χ3n) is 4.74. The topological polar surface area (TPSA) is 54.0 Å². The second-order valence-corrected chi connectivity index (χ2v) is 6.78. The lowest BCUT2D eigenvalue weighted by Gasteiger charge is -2.35. The van der Waals surface area contributed by atoms with Crippen LogP contribution >= 0.6 is 0 Å². The maximum Gasteiger partial charge on any atom is 0.156 e. The van der Waals surface area contributed by atoms with Crippen molar-refractivity contribution in [3.05, 3.63) is 24.5 Å². The van der Waals surface area contributed by atoms with E-state index in [0.717, 1.165) is 46.6 Å². The Balaban J connectivity index is 1.91. The number of piperidine rings is 1. The highest BCUT2D eigenvalue weighted by atomic mass is 16.5. The minimum absolute atomic E-state index is 0.683. The van der Waals surface area contributed by atoms with Crippen molar-refractivity contribution in [2.24, 2.45) is 11.8 Å². The van der Waals surface area contributed by atoms with Gasteiger partial charge in [0.1, 0.15) is 23.1 Å². The molecule has 2 aromatic heterocycles. The van der Waals surface area contributed by atoms with Crippen LogP contribution in [0.3, 0.4) is 0 Å². The first-order valence-electron chi connectivity index (χ1n) is 8.21. The molecule has 3 aromatic rings. The van der Waals surface area contributed by atoms with Crippen LogP contribution in [-0.4, -0.2) is 35.2 Å². The van der Waals surface area contributed by atoms with Gasteiger partial charge in [0, 0.05) is 13.1 Å². The number of benzene rings is 1. The number of fused-ring (bicyclic) bond motifs is 3. The quantitative estimate of drug-likeness (QED) is 0.786. The summed E-state index contributed by atoms with van der Waals surface area (Å²) in [6, 6.07) is 6.03. The Labute approximate surface area is 135 Å². The second kappa shape index (κ2) is 5.41. The molecule has 4 rings (SSSR count). The smallest absolute Gasteiger partial charge is 0.156 e. The normalized spacial score (nSPS) is 22.0. The Kier molecular flexibility index (Phi) is 3.36. The lowest BCUT2D eigenvalue weighted by atomic mass is 9.92. The molecule has 0 spiro atoms. The Hall–Kier alpha value is -2.30. The van der Waals surface area contributed by atoms with Gasteiger partial charge in [0.25, 0.3) is 0 Å². The third-order valence-corrected chi connectivity index (χ3v) is 4.74. The molecule has 0 unspecified atom stereocenters. The largest absolute Gasteiger partial charge is 0.496 e. The summed E-state index contributed by atoms with van der Waals surface area (Å²) in [6.45, 7) is 6.72. The summed E-state index contributed by atoms with van der Waals surface area (Å²) in [6.07, 6.45) is 2.95. The van der Waals surface area contributed by atoms with Crippen molar-refractivity contribution < 1.29 is 4.74 Å². The van der Waals surface area contributed by atoms with Gasteiger partial charge in [0.15, 0.2) is 5.82 Å². The maximum atomic E-state index is 5.52. The molecule has 120 valence electrons. The predicted octanol–water partition coefficient (Wildman–Crippen LogP) is 3.60. The van der Waals surface area contributed by atoms with Crippen molar-refractivity contribution in [2.45, 2.75) is 20.3 Å². The molecular weight excluding hydrogens is 288 g/mol. The van der Waals surface area contributed by atoms with E-state index >= 15 is 0 Å². The highest BCUT2D eigenvalue weighted by Gasteiger charge is 2.25. The van der Waals surface area contributed by atoms with Crippen molar-refractivity contribution in [1.82, 2.24) is 15.0 Å². The third kappa shape index (κ3) is 2.31. The summed E-state index contributed by atoms with van der Waals surface area (Å²) >= 11 is 0. The molecule has 1 aromatic carbocycles. The highest BCUT2D eigenvalue weighted by Crippen LogP contribution is 2.36. The number of aromatic nitrogens is 3. The lowest BCUT2D eigenvalue weighted by molar-refractivity contribution is 0.356. The highest BCUT2D eigenvalue weighted by molar-refractivity contribution is 6.11. The molecular formula is C18H22N4O. The summed E-state index contributed by atoms with van der Waals surface area (Å²) < 4.78 is 5.52. The Bertz CT molecular complexity index is 847. The minimum atomic E-state index is 0.683. The van der Waals surface area contributed by atoms with Gasteiger partial charge in [0.2, 0.25) is 0 Å². The molecule has 5 nitrogen and oxygen atoms in total. The molecule has 1 N–H and O–H groups in total. The van der Waals surface area contributed by atoms with Crippen molar-refractivity contribution in [3.63, 3.8) is 0 Å². The van der Waals surface area contributed by atoms with Crippen LogP contribution in [0.2, 0.25) is 0 Å². The number of nitrogens with one attached hydrogen (secondary N) is 1. The molecule has 0 saturated carbocycles. The van der Waals surface area contributed by atoms with E-state index in [0.29, 0.717) is 11.8 Å². The number of nitrogens with zero attached hydrogens (tertiary/aromatic N) is 3. The molecule has 1 aliphatic heterocycles. The summed E-state index contributed by atoms with van der Waals surface area (Å²) in [4.78, 5) is 15.0. The molecule has 1 fully saturated rings. The molecule has 0 radical (unpaired) electrons. The van der Waals surface area contributed by atoms with Crippen LogP contribution in [0.4, 0.5) is 5.82 Å². The van der Waals surface area contributed by atoms with Crippen molar-refractivity contribution in [1.29, 1.82) is 0 Å². The second-order valence-electron chi connectivity index (χ2n) is 6.78. The van der Waals surface area contributed by atoms with Gasteiger partial charge < -0.3 is 14.6 Å². The number of aromatic amines is 1. The monoisotopic (exact) mass is 310 g/mol. The van der Waals surface area contributed by atoms with Crippen molar-refractivity contribution in [2.75, 3.05) is 25.1 Å². The van der Waals surface area contributed by atoms with E-state index in [2.05, 4.69) is 39.8 Å².